The average Bonchev–Trinajstić information content (AvgIpc) is 2.02. The largest absolute Gasteiger partial charge is 0.389 e. The van der Waals surface area contributed by atoms with E-state index in [1.165, 1.54) is 0 Å². The molecule has 1 unspecified atom stereocenters. The zero-order valence-electron chi connectivity index (χ0n) is 8.08. The first kappa shape index (κ1) is 10.5. The van der Waals surface area contributed by atoms with Gasteiger partial charge in [0.15, 0.2) is 0 Å². The van der Waals surface area contributed by atoms with Crippen LogP contribution in [0, 0.1) is 0 Å². The third kappa shape index (κ3) is 2.23. The van der Waals surface area contributed by atoms with Crippen LogP contribution >= 0.6 is 15.9 Å². The molecular weight excluding hydrogens is 230 g/mol. The van der Waals surface area contributed by atoms with Crippen LogP contribution in [0.5, 0.6) is 0 Å². The Labute approximate surface area is 87.3 Å². The van der Waals surface area contributed by atoms with Crippen molar-refractivity contribution in [1.82, 2.24) is 0 Å². The van der Waals surface area contributed by atoms with Crippen LogP contribution < -0.4 is 4.90 Å². The van der Waals surface area contributed by atoms with E-state index in [0.717, 1.165) is 15.7 Å². The Morgan fingerprint density at radius 2 is 2.00 bits per heavy atom. The van der Waals surface area contributed by atoms with E-state index in [-0.39, 0.29) is 0 Å². The third-order valence-electron chi connectivity index (χ3n) is 1.93. The molecule has 0 bridgehead atoms. The van der Waals surface area contributed by atoms with Crippen molar-refractivity contribution in [1.29, 1.82) is 0 Å². The lowest BCUT2D eigenvalue weighted by Gasteiger charge is -2.20. The molecule has 72 valence electrons. The van der Waals surface area contributed by atoms with Gasteiger partial charge in [-0.05, 0) is 19.1 Å². The molecule has 0 spiro atoms. The minimum Gasteiger partial charge on any atom is -0.389 e. The van der Waals surface area contributed by atoms with E-state index in [0.29, 0.717) is 0 Å². The average molecular weight is 244 g/mol. The molecule has 0 radical (unpaired) electrons. The van der Waals surface area contributed by atoms with Crippen molar-refractivity contribution in [3.8, 4) is 0 Å². The first-order valence-corrected chi connectivity index (χ1v) is 4.97. The highest BCUT2D eigenvalue weighted by Gasteiger charge is 2.12. The highest BCUT2D eigenvalue weighted by atomic mass is 79.9. The first-order chi connectivity index (χ1) is 6.04. The highest BCUT2D eigenvalue weighted by molar-refractivity contribution is 9.10. The zero-order valence-corrected chi connectivity index (χ0v) is 9.67. The normalized spacial score (nSPS) is 12.7. The maximum Gasteiger partial charge on any atom is 0.0793 e. The molecule has 0 heterocycles. The van der Waals surface area contributed by atoms with Gasteiger partial charge in [-0.15, -0.1) is 0 Å². The van der Waals surface area contributed by atoms with Gasteiger partial charge in [-0.3, -0.25) is 0 Å². The molecule has 1 aromatic rings. The molecular formula is C10H14BrNO. The smallest absolute Gasteiger partial charge is 0.0793 e. The number of nitrogens with zero attached hydrogens (tertiary/aromatic N) is 1. The topological polar surface area (TPSA) is 23.5 Å². The maximum absolute atomic E-state index is 9.58. The molecule has 0 fully saturated rings. The fourth-order valence-electron chi connectivity index (χ4n) is 1.33. The molecule has 0 saturated heterocycles. The molecule has 1 rings (SSSR count). The molecule has 3 heteroatoms. The summed E-state index contributed by atoms with van der Waals surface area (Å²) in [7, 11) is 3.93. The lowest BCUT2D eigenvalue weighted by Crippen LogP contribution is -2.12. The molecule has 0 aliphatic heterocycles. The van der Waals surface area contributed by atoms with Gasteiger partial charge in [-0.2, -0.15) is 0 Å². The summed E-state index contributed by atoms with van der Waals surface area (Å²) in [4.78, 5) is 1.99. The first-order valence-electron chi connectivity index (χ1n) is 4.18. The van der Waals surface area contributed by atoms with Gasteiger partial charge in [0.1, 0.15) is 0 Å². The molecule has 2 nitrogen and oxygen atoms in total. The molecule has 0 aliphatic carbocycles. The number of aliphatic hydroxyl groups excluding tert-OH is 1. The fourth-order valence-corrected chi connectivity index (χ4v) is 2.02. The van der Waals surface area contributed by atoms with E-state index in [9.17, 15) is 5.11 Å². The van der Waals surface area contributed by atoms with Gasteiger partial charge in [0.05, 0.1) is 6.10 Å². The second-order valence-electron chi connectivity index (χ2n) is 3.24. The number of hydrogen-bond acceptors (Lipinski definition) is 2. The maximum atomic E-state index is 9.58. The Kier molecular flexibility index (Phi) is 3.33. The van der Waals surface area contributed by atoms with Gasteiger partial charge in [-0.1, -0.05) is 22.0 Å². The van der Waals surface area contributed by atoms with Crippen molar-refractivity contribution >= 4 is 21.6 Å². The summed E-state index contributed by atoms with van der Waals surface area (Å²) in [6.07, 6.45) is -0.451. The van der Waals surface area contributed by atoms with Crippen LogP contribution in [0.4, 0.5) is 5.69 Å². The van der Waals surface area contributed by atoms with Gasteiger partial charge in [0.2, 0.25) is 0 Å². The van der Waals surface area contributed by atoms with Gasteiger partial charge >= 0.3 is 0 Å². The number of hydrogen-bond donors (Lipinski definition) is 1. The van der Waals surface area contributed by atoms with Crippen LogP contribution in [0.25, 0.3) is 0 Å². The number of aliphatic hydroxyl groups is 1. The van der Waals surface area contributed by atoms with Crippen LogP contribution in [-0.2, 0) is 0 Å². The lowest BCUT2D eigenvalue weighted by molar-refractivity contribution is 0.199. The minimum absolute atomic E-state index is 0.451. The van der Waals surface area contributed by atoms with Crippen molar-refractivity contribution in [2.45, 2.75) is 13.0 Å². The van der Waals surface area contributed by atoms with E-state index in [1.54, 1.807) is 6.92 Å². The summed E-state index contributed by atoms with van der Waals surface area (Å²) in [6, 6.07) is 5.90. The summed E-state index contributed by atoms with van der Waals surface area (Å²) in [6.45, 7) is 1.77. The molecule has 1 atom stereocenters. The van der Waals surface area contributed by atoms with Gasteiger partial charge < -0.3 is 10.0 Å². The summed E-state index contributed by atoms with van der Waals surface area (Å²) in [5.41, 5.74) is 1.98. The molecule has 13 heavy (non-hydrogen) atoms. The Hall–Kier alpha value is -0.540. The van der Waals surface area contributed by atoms with Crippen LogP contribution in [0.1, 0.15) is 18.6 Å². The van der Waals surface area contributed by atoms with Crippen LogP contribution in [-0.4, -0.2) is 19.2 Å². The van der Waals surface area contributed by atoms with Crippen molar-refractivity contribution in [3.05, 3.63) is 28.2 Å². The van der Waals surface area contributed by atoms with E-state index < -0.39 is 6.10 Å². The predicted molar refractivity (Wildman–Crippen MR) is 59.1 cm³/mol. The molecule has 1 aromatic carbocycles. The number of benzene rings is 1. The second-order valence-corrected chi connectivity index (χ2v) is 4.10. The quantitative estimate of drug-likeness (QED) is 0.864. The van der Waals surface area contributed by atoms with E-state index in [4.69, 9.17) is 0 Å². The summed E-state index contributed by atoms with van der Waals surface area (Å²) in [5, 5.41) is 9.58. The second kappa shape index (κ2) is 4.11. The molecule has 0 aliphatic rings. The van der Waals surface area contributed by atoms with E-state index in [1.807, 2.05) is 37.2 Å². The highest BCUT2D eigenvalue weighted by Crippen LogP contribution is 2.31. The Morgan fingerprint density at radius 3 is 2.38 bits per heavy atom. The number of rotatable bonds is 2. The Morgan fingerprint density at radius 1 is 1.38 bits per heavy atom. The van der Waals surface area contributed by atoms with Gasteiger partial charge in [-0.25, -0.2) is 0 Å². The molecule has 0 amide bonds. The lowest BCUT2D eigenvalue weighted by atomic mass is 10.1. The van der Waals surface area contributed by atoms with Crippen molar-refractivity contribution in [2.75, 3.05) is 19.0 Å². The molecule has 0 saturated carbocycles. The number of halogens is 1. The Balaban J connectivity index is 3.26. The summed E-state index contributed by atoms with van der Waals surface area (Å²) >= 11 is 3.43. The van der Waals surface area contributed by atoms with Crippen molar-refractivity contribution < 1.29 is 5.11 Å². The third-order valence-corrected chi connectivity index (χ3v) is 2.62. The summed E-state index contributed by atoms with van der Waals surface area (Å²) < 4.78 is 0.953. The van der Waals surface area contributed by atoms with Crippen LogP contribution in [0.15, 0.2) is 22.7 Å². The van der Waals surface area contributed by atoms with E-state index in [2.05, 4.69) is 15.9 Å². The van der Waals surface area contributed by atoms with E-state index >= 15 is 0 Å². The number of anilines is 1. The van der Waals surface area contributed by atoms with Gasteiger partial charge in [0, 0.05) is 29.8 Å². The fraction of sp³-hybridized carbons (Fsp3) is 0.400. The molecule has 0 aromatic heterocycles. The Bertz CT molecular complexity index is 297. The zero-order chi connectivity index (χ0) is 10.0. The predicted octanol–water partition coefficient (Wildman–Crippen LogP) is 2.57. The SMILES string of the molecule is CC(O)c1c(Br)cccc1N(C)C. The monoisotopic (exact) mass is 243 g/mol. The molecule has 1 N–H and O–H groups in total. The van der Waals surface area contributed by atoms with Gasteiger partial charge in [0.25, 0.3) is 0 Å². The van der Waals surface area contributed by atoms with Crippen molar-refractivity contribution in [2.24, 2.45) is 0 Å². The summed E-state index contributed by atoms with van der Waals surface area (Å²) in [5.74, 6) is 0. The van der Waals surface area contributed by atoms with Crippen molar-refractivity contribution in [3.63, 3.8) is 0 Å². The standard InChI is InChI=1S/C10H14BrNO/c1-7(13)10-8(11)5-4-6-9(10)12(2)3/h4-7,13H,1-3H3. The minimum atomic E-state index is -0.451. The van der Waals surface area contributed by atoms with Crippen LogP contribution in [0.3, 0.4) is 0 Å². The van der Waals surface area contributed by atoms with Crippen LogP contribution in [0.2, 0.25) is 0 Å².